The number of piperidine rings is 1. The van der Waals surface area contributed by atoms with Gasteiger partial charge in [0.05, 0.1) is 0 Å². The Labute approximate surface area is 136 Å². The lowest BCUT2D eigenvalue weighted by Gasteiger charge is -2.23. The molecular formula is C16H26N4O3. The summed E-state index contributed by atoms with van der Waals surface area (Å²) in [6.45, 7) is 2.51. The van der Waals surface area contributed by atoms with Gasteiger partial charge < -0.3 is 16.0 Å². The third-order valence-corrected chi connectivity index (χ3v) is 5.28. The Kier molecular flexibility index (Phi) is 4.84. The molecule has 0 aromatic rings. The zero-order valence-electron chi connectivity index (χ0n) is 13.5. The summed E-state index contributed by atoms with van der Waals surface area (Å²) in [6.07, 6.45) is 6.57. The van der Waals surface area contributed by atoms with E-state index in [4.69, 9.17) is 0 Å². The molecule has 1 unspecified atom stereocenters. The standard InChI is InChI=1S/C16H26N4O3/c21-13(18-9-5-12-4-3-8-17-10-12)11-20-14(22)16(19-15(20)23)6-1-2-7-16/h12,17H,1-11H2,(H,18,21)(H,19,23). The Bertz CT molecular complexity index is 482. The zero-order valence-corrected chi connectivity index (χ0v) is 13.5. The first-order valence-electron chi connectivity index (χ1n) is 8.72. The Balaban J connectivity index is 1.44. The highest BCUT2D eigenvalue weighted by molar-refractivity contribution is 6.09. The van der Waals surface area contributed by atoms with Crippen molar-refractivity contribution in [1.29, 1.82) is 0 Å². The molecule has 0 bridgehead atoms. The van der Waals surface area contributed by atoms with Crippen LogP contribution in [0.5, 0.6) is 0 Å². The van der Waals surface area contributed by atoms with Crippen LogP contribution in [0.25, 0.3) is 0 Å². The first-order valence-corrected chi connectivity index (χ1v) is 8.72. The van der Waals surface area contributed by atoms with Gasteiger partial charge in [0.15, 0.2) is 0 Å². The minimum Gasteiger partial charge on any atom is -0.355 e. The predicted octanol–water partition coefficient (Wildman–Crippen LogP) is 0.357. The fourth-order valence-electron chi connectivity index (χ4n) is 3.92. The lowest BCUT2D eigenvalue weighted by Crippen LogP contribution is -2.45. The van der Waals surface area contributed by atoms with Gasteiger partial charge in [-0.05, 0) is 51.1 Å². The third kappa shape index (κ3) is 3.49. The molecule has 128 valence electrons. The molecule has 1 atom stereocenters. The molecule has 1 aliphatic carbocycles. The van der Waals surface area contributed by atoms with E-state index in [1.165, 1.54) is 12.8 Å². The van der Waals surface area contributed by atoms with E-state index in [2.05, 4.69) is 16.0 Å². The zero-order chi connectivity index (χ0) is 16.3. The Morgan fingerprint density at radius 2 is 2.04 bits per heavy atom. The van der Waals surface area contributed by atoms with E-state index < -0.39 is 11.6 Å². The summed E-state index contributed by atoms with van der Waals surface area (Å²) in [5, 5.41) is 8.98. The summed E-state index contributed by atoms with van der Waals surface area (Å²) in [7, 11) is 0. The van der Waals surface area contributed by atoms with Crippen LogP contribution < -0.4 is 16.0 Å². The molecule has 3 rings (SSSR count). The molecule has 1 saturated carbocycles. The first kappa shape index (κ1) is 16.2. The maximum atomic E-state index is 12.5. The van der Waals surface area contributed by atoms with Gasteiger partial charge in [-0.25, -0.2) is 4.79 Å². The van der Waals surface area contributed by atoms with Gasteiger partial charge in [0, 0.05) is 6.54 Å². The minimum atomic E-state index is -0.731. The largest absolute Gasteiger partial charge is 0.355 e. The number of nitrogens with one attached hydrogen (secondary N) is 3. The van der Waals surface area contributed by atoms with Crippen molar-refractivity contribution in [3.05, 3.63) is 0 Å². The maximum Gasteiger partial charge on any atom is 0.325 e. The van der Waals surface area contributed by atoms with Crippen molar-refractivity contribution in [3.8, 4) is 0 Å². The maximum absolute atomic E-state index is 12.5. The van der Waals surface area contributed by atoms with E-state index >= 15 is 0 Å². The average molecular weight is 322 g/mol. The second kappa shape index (κ2) is 6.86. The van der Waals surface area contributed by atoms with Crippen LogP contribution >= 0.6 is 0 Å². The number of nitrogens with zero attached hydrogens (tertiary/aromatic N) is 1. The molecule has 4 amide bonds. The summed E-state index contributed by atoms with van der Waals surface area (Å²) in [5.41, 5.74) is -0.731. The van der Waals surface area contributed by atoms with Gasteiger partial charge in [0.1, 0.15) is 12.1 Å². The topological polar surface area (TPSA) is 90.5 Å². The number of hydrogen-bond donors (Lipinski definition) is 3. The van der Waals surface area contributed by atoms with Gasteiger partial charge in [0.2, 0.25) is 5.91 Å². The molecule has 7 nitrogen and oxygen atoms in total. The van der Waals surface area contributed by atoms with Crippen molar-refractivity contribution < 1.29 is 14.4 Å². The molecule has 1 spiro atoms. The van der Waals surface area contributed by atoms with Crippen LogP contribution in [0.4, 0.5) is 4.79 Å². The molecule has 2 saturated heterocycles. The number of urea groups is 1. The molecule has 3 fully saturated rings. The second-order valence-corrected chi connectivity index (χ2v) is 6.96. The Hall–Kier alpha value is -1.63. The van der Waals surface area contributed by atoms with Crippen LogP contribution in [-0.2, 0) is 9.59 Å². The average Bonchev–Trinajstić information content (AvgIpc) is 3.10. The highest BCUT2D eigenvalue weighted by Gasteiger charge is 2.52. The van der Waals surface area contributed by atoms with Gasteiger partial charge in [-0.3, -0.25) is 14.5 Å². The van der Waals surface area contributed by atoms with E-state index in [9.17, 15) is 14.4 Å². The number of carbonyl (C=O) groups is 3. The predicted molar refractivity (Wildman–Crippen MR) is 84.7 cm³/mol. The van der Waals surface area contributed by atoms with Crippen molar-refractivity contribution in [2.75, 3.05) is 26.2 Å². The molecule has 7 heteroatoms. The van der Waals surface area contributed by atoms with E-state index in [-0.39, 0.29) is 18.4 Å². The number of carbonyl (C=O) groups excluding carboxylic acids is 3. The van der Waals surface area contributed by atoms with Crippen molar-refractivity contribution in [2.45, 2.75) is 50.5 Å². The van der Waals surface area contributed by atoms with Crippen molar-refractivity contribution in [2.24, 2.45) is 5.92 Å². The lowest BCUT2D eigenvalue weighted by atomic mass is 9.96. The Morgan fingerprint density at radius 3 is 2.74 bits per heavy atom. The first-order chi connectivity index (χ1) is 11.1. The third-order valence-electron chi connectivity index (χ3n) is 5.28. The van der Waals surface area contributed by atoms with Crippen molar-refractivity contribution in [1.82, 2.24) is 20.9 Å². The van der Waals surface area contributed by atoms with Crippen LogP contribution in [0.3, 0.4) is 0 Å². The van der Waals surface area contributed by atoms with Crippen LogP contribution in [0.1, 0.15) is 44.9 Å². The molecule has 2 heterocycles. The van der Waals surface area contributed by atoms with Crippen LogP contribution in [-0.4, -0.2) is 54.5 Å². The highest BCUT2D eigenvalue weighted by Crippen LogP contribution is 2.34. The van der Waals surface area contributed by atoms with Crippen molar-refractivity contribution >= 4 is 17.8 Å². The minimum absolute atomic E-state index is 0.171. The highest BCUT2D eigenvalue weighted by atomic mass is 16.2. The van der Waals surface area contributed by atoms with Gasteiger partial charge in [-0.2, -0.15) is 0 Å². The van der Waals surface area contributed by atoms with E-state index in [0.29, 0.717) is 25.3 Å². The van der Waals surface area contributed by atoms with Gasteiger partial charge in [-0.15, -0.1) is 0 Å². The fraction of sp³-hybridized carbons (Fsp3) is 0.812. The molecule has 2 aliphatic heterocycles. The van der Waals surface area contributed by atoms with Gasteiger partial charge >= 0.3 is 6.03 Å². The molecule has 0 aromatic carbocycles. The second-order valence-electron chi connectivity index (χ2n) is 6.96. The molecule has 23 heavy (non-hydrogen) atoms. The number of imide groups is 1. The van der Waals surface area contributed by atoms with E-state index in [1.807, 2.05) is 0 Å². The van der Waals surface area contributed by atoms with Gasteiger partial charge in [-0.1, -0.05) is 12.8 Å². The monoisotopic (exact) mass is 322 g/mol. The number of hydrogen-bond acceptors (Lipinski definition) is 4. The fourth-order valence-corrected chi connectivity index (χ4v) is 3.92. The number of rotatable bonds is 5. The smallest absolute Gasteiger partial charge is 0.325 e. The summed E-state index contributed by atoms with van der Waals surface area (Å²) in [4.78, 5) is 37.6. The summed E-state index contributed by atoms with van der Waals surface area (Å²) in [5.74, 6) is 0.112. The van der Waals surface area contributed by atoms with Crippen LogP contribution in [0.15, 0.2) is 0 Å². The molecule has 3 aliphatic rings. The SMILES string of the molecule is O=C(CN1C(=O)NC2(CCCC2)C1=O)NCCC1CCCNC1. The molecule has 0 aromatic heterocycles. The summed E-state index contributed by atoms with van der Waals surface area (Å²) in [6, 6.07) is -0.427. The number of amides is 4. The van der Waals surface area contributed by atoms with Crippen molar-refractivity contribution in [3.63, 3.8) is 0 Å². The Morgan fingerprint density at radius 1 is 1.26 bits per heavy atom. The molecule has 3 N–H and O–H groups in total. The van der Waals surface area contributed by atoms with E-state index in [1.54, 1.807) is 0 Å². The van der Waals surface area contributed by atoms with E-state index in [0.717, 1.165) is 37.3 Å². The van der Waals surface area contributed by atoms with Crippen LogP contribution in [0, 0.1) is 5.92 Å². The molecular weight excluding hydrogens is 296 g/mol. The van der Waals surface area contributed by atoms with Gasteiger partial charge in [0.25, 0.3) is 5.91 Å². The normalized spacial score (nSPS) is 26.6. The summed E-state index contributed by atoms with van der Waals surface area (Å²) >= 11 is 0. The van der Waals surface area contributed by atoms with Crippen LogP contribution in [0.2, 0.25) is 0 Å². The lowest BCUT2D eigenvalue weighted by molar-refractivity contribution is -0.134. The summed E-state index contributed by atoms with van der Waals surface area (Å²) < 4.78 is 0. The molecule has 0 radical (unpaired) electrons. The quantitative estimate of drug-likeness (QED) is 0.637.